The number of hydrogen-bond acceptors (Lipinski definition) is 4. The first kappa shape index (κ1) is 22.6. The van der Waals surface area contributed by atoms with Crippen LogP contribution in [0.3, 0.4) is 0 Å². The molecule has 164 valence electrons. The van der Waals surface area contributed by atoms with Crippen molar-refractivity contribution in [2.24, 2.45) is 11.8 Å². The average Bonchev–Trinajstić information content (AvgIpc) is 2.79. The van der Waals surface area contributed by atoms with Gasteiger partial charge in [-0.25, -0.2) is 9.59 Å². The van der Waals surface area contributed by atoms with Gasteiger partial charge >= 0.3 is 12.0 Å². The molecule has 7 nitrogen and oxygen atoms in total. The van der Waals surface area contributed by atoms with Gasteiger partial charge in [-0.2, -0.15) is 0 Å². The molecule has 0 bridgehead atoms. The van der Waals surface area contributed by atoms with Gasteiger partial charge in [-0.15, -0.1) is 0 Å². The molecule has 3 rings (SSSR count). The number of esters is 1. The molecule has 1 atom stereocenters. The summed E-state index contributed by atoms with van der Waals surface area (Å²) in [4.78, 5) is 38.6. The molecule has 0 aromatic heterocycles. The number of nitrogens with zero attached hydrogens (tertiary/aromatic N) is 1. The lowest BCUT2D eigenvalue weighted by molar-refractivity contribution is -0.121. The summed E-state index contributed by atoms with van der Waals surface area (Å²) < 4.78 is 4.72. The third-order valence-corrected chi connectivity index (χ3v) is 5.85. The van der Waals surface area contributed by atoms with Crippen LogP contribution in [0.15, 0.2) is 48.5 Å². The Hall–Kier alpha value is -3.06. The Morgan fingerprint density at radius 1 is 1.03 bits per heavy atom. The average molecular weight is 444 g/mol. The minimum atomic E-state index is -0.451. The summed E-state index contributed by atoms with van der Waals surface area (Å²) in [5, 5.41) is 6.36. The van der Waals surface area contributed by atoms with E-state index in [-0.39, 0.29) is 23.8 Å². The lowest BCUT2D eigenvalue weighted by Crippen LogP contribution is -2.43. The second-order valence-corrected chi connectivity index (χ2v) is 8.05. The summed E-state index contributed by atoms with van der Waals surface area (Å²) in [5.41, 5.74) is 1.63. The molecular weight excluding hydrogens is 418 g/mol. The van der Waals surface area contributed by atoms with Crippen molar-refractivity contribution in [1.82, 2.24) is 4.90 Å². The molecule has 1 saturated heterocycles. The van der Waals surface area contributed by atoms with E-state index in [1.807, 2.05) is 6.92 Å². The van der Waals surface area contributed by atoms with E-state index in [1.54, 1.807) is 53.4 Å². The molecule has 31 heavy (non-hydrogen) atoms. The Morgan fingerprint density at radius 3 is 2.35 bits per heavy atom. The molecule has 1 heterocycles. The second kappa shape index (κ2) is 10.3. The maximum atomic E-state index is 12.7. The SMILES string of the molecule is COC(=O)c1cccc(NC(=O)C(C)C2CCN(C(=O)Nc3ccc(Cl)cc3)CC2)c1. The van der Waals surface area contributed by atoms with E-state index in [9.17, 15) is 14.4 Å². The first-order chi connectivity index (χ1) is 14.9. The number of rotatable bonds is 5. The van der Waals surface area contributed by atoms with Gasteiger partial charge in [0, 0.05) is 35.4 Å². The van der Waals surface area contributed by atoms with Crippen molar-refractivity contribution in [3.8, 4) is 0 Å². The van der Waals surface area contributed by atoms with Crippen LogP contribution in [0.1, 0.15) is 30.1 Å². The highest BCUT2D eigenvalue weighted by atomic mass is 35.5. The lowest BCUT2D eigenvalue weighted by atomic mass is 9.85. The van der Waals surface area contributed by atoms with Crippen molar-refractivity contribution in [3.05, 3.63) is 59.1 Å². The maximum absolute atomic E-state index is 12.7. The largest absolute Gasteiger partial charge is 0.465 e. The summed E-state index contributed by atoms with van der Waals surface area (Å²) in [5.74, 6) is -0.605. The Labute approximate surface area is 186 Å². The molecule has 0 saturated carbocycles. The number of likely N-dealkylation sites (tertiary alicyclic amines) is 1. The van der Waals surface area contributed by atoms with Crippen molar-refractivity contribution in [1.29, 1.82) is 0 Å². The predicted octanol–water partition coefficient (Wildman–Crippen LogP) is 4.65. The van der Waals surface area contributed by atoms with Crippen LogP contribution in [0.25, 0.3) is 0 Å². The van der Waals surface area contributed by atoms with Crippen molar-refractivity contribution < 1.29 is 19.1 Å². The topological polar surface area (TPSA) is 87.7 Å². The summed E-state index contributed by atoms with van der Waals surface area (Å²) in [6.07, 6.45) is 1.48. The van der Waals surface area contributed by atoms with Crippen LogP contribution in [0.2, 0.25) is 5.02 Å². The monoisotopic (exact) mass is 443 g/mol. The number of urea groups is 1. The van der Waals surface area contributed by atoms with Crippen LogP contribution in [0.5, 0.6) is 0 Å². The molecule has 0 aliphatic carbocycles. The number of benzene rings is 2. The van der Waals surface area contributed by atoms with Crippen molar-refractivity contribution in [2.75, 3.05) is 30.8 Å². The summed E-state index contributed by atoms with van der Waals surface area (Å²) in [6.45, 7) is 3.06. The number of piperidine rings is 1. The fraction of sp³-hybridized carbons (Fsp3) is 0.348. The first-order valence-electron chi connectivity index (χ1n) is 10.2. The van der Waals surface area contributed by atoms with Crippen LogP contribution in [0.4, 0.5) is 16.2 Å². The van der Waals surface area contributed by atoms with Crippen LogP contribution in [-0.4, -0.2) is 43.0 Å². The quantitative estimate of drug-likeness (QED) is 0.658. The van der Waals surface area contributed by atoms with E-state index in [4.69, 9.17) is 16.3 Å². The number of nitrogens with one attached hydrogen (secondary N) is 2. The number of ether oxygens (including phenoxy) is 1. The Balaban J connectivity index is 1.50. The predicted molar refractivity (Wildman–Crippen MR) is 120 cm³/mol. The molecule has 8 heteroatoms. The number of halogens is 1. The molecule has 1 fully saturated rings. The number of anilines is 2. The fourth-order valence-corrected chi connectivity index (χ4v) is 3.78. The number of methoxy groups -OCH3 is 1. The normalized spacial score (nSPS) is 15.1. The van der Waals surface area contributed by atoms with Gasteiger partial charge in [-0.05, 0) is 61.2 Å². The highest BCUT2D eigenvalue weighted by molar-refractivity contribution is 6.30. The summed E-state index contributed by atoms with van der Waals surface area (Å²) in [7, 11) is 1.32. The Bertz CT molecular complexity index is 940. The standard InChI is InChI=1S/C23H26ClN3O4/c1-15(21(28)25-20-5-3-4-17(14-20)22(29)31-2)16-10-12-27(13-11-16)23(30)26-19-8-6-18(24)7-9-19/h3-9,14-16H,10-13H2,1-2H3,(H,25,28)(H,26,30). The van der Waals surface area contributed by atoms with Crippen LogP contribution < -0.4 is 10.6 Å². The number of amides is 3. The van der Waals surface area contributed by atoms with Gasteiger partial charge in [-0.1, -0.05) is 24.6 Å². The van der Waals surface area contributed by atoms with E-state index < -0.39 is 5.97 Å². The summed E-state index contributed by atoms with van der Waals surface area (Å²) >= 11 is 5.87. The van der Waals surface area contributed by atoms with Crippen LogP contribution >= 0.6 is 11.6 Å². The second-order valence-electron chi connectivity index (χ2n) is 7.61. The Kier molecular flexibility index (Phi) is 7.52. The minimum absolute atomic E-state index is 0.105. The van der Waals surface area contributed by atoms with Gasteiger partial charge in [0.2, 0.25) is 5.91 Å². The van der Waals surface area contributed by atoms with Crippen molar-refractivity contribution in [2.45, 2.75) is 19.8 Å². The van der Waals surface area contributed by atoms with E-state index in [0.29, 0.717) is 35.1 Å². The number of hydrogen-bond donors (Lipinski definition) is 2. The molecule has 2 aromatic carbocycles. The third kappa shape index (κ3) is 5.98. The highest BCUT2D eigenvalue weighted by Crippen LogP contribution is 2.27. The van der Waals surface area contributed by atoms with Gasteiger partial charge in [0.15, 0.2) is 0 Å². The molecule has 1 unspecified atom stereocenters. The van der Waals surface area contributed by atoms with Crippen molar-refractivity contribution in [3.63, 3.8) is 0 Å². The van der Waals surface area contributed by atoms with Gasteiger partial charge in [0.05, 0.1) is 12.7 Å². The number of carbonyl (C=O) groups excluding carboxylic acids is 3. The van der Waals surface area contributed by atoms with E-state index in [2.05, 4.69) is 10.6 Å². The van der Waals surface area contributed by atoms with E-state index >= 15 is 0 Å². The smallest absolute Gasteiger partial charge is 0.337 e. The minimum Gasteiger partial charge on any atom is -0.465 e. The molecule has 1 aliphatic heterocycles. The Morgan fingerprint density at radius 2 is 1.71 bits per heavy atom. The zero-order chi connectivity index (χ0) is 22.4. The maximum Gasteiger partial charge on any atom is 0.337 e. The molecule has 2 N–H and O–H groups in total. The lowest BCUT2D eigenvalue weighted by Gasteiger charge is -2.34. The molecular formula is C23H26ClN3O4. The van der Waals surface area contributed by atoms with Gasteiger partial charge in [-0.3, -0.25) is 4.79 Å². The van der Waals surface area contributed by atoms with E-state index in [1.165, 1.54) is 7.11 Å². The molecule has 3 amide bonds. The van der Waals surface area contributed by atoms with Gasteiger partial charge in [0.25, 0.3) is 0 Å². The zero-order valence-electron chi connectivity index (χ0n) is 17.6. The summed E-state index contributed by atoms with van der Waals surface area (Å²) in [6, 6.07) is 13.5. The van der Waals surface area contributed by atoms with Gasteiger partial charge in [0.1, 0.15) is 0 Å². The number of carbonyl (C=O) groups is 3. The molecule has 2 aromatic rings. The van der Waals surface area contributed by atoms with Crippen molar-refractivity contribution >= 4 is 40.9 Å². The fourth-order valence-electron chi connectivity index (χ4n) is 3.65. The zero-order valence-corrected chi connectivity index (χ0v) is 18.3. The van der Waals surface area contributed by atoms with E-state index in [0.717, 1.165) is 12.8 Å². The first-order valence-corrected chi connectivity index (χ1v) is 10.6. The highest BCUT2D eigenvalue weighted by Gasteiger charge is 2.30. The molecule has 1 aliphatic rings. The van der Waals surface area contributed by atoms with Gasteiger partial charge < -0.3 is 20.3 Å². The molecule has 0 spiro atoms. The molecule has 0 radical (unpaired) electrons. The third-order valence-electron chi connectivity index (χ3n) is 5.59. The van der Waals surface area contributed by atoms with Crippen LogP contribution in [-0.2, 0) is 9.53 Å². The van der Waals surface area contributed by atoms with Crippen LogP contribution in [0, 0.1) is 11.8 Å².